The fraction of sp³-hybridized carbons (Fsp3) is 0.188. The number of hydrogen-bond donors (Lipinski definition) is 2. The van der Waals surface area contributed by atoms with E-state index < -0.39 is 23.1 Å². The van der Waals surface area contributed by atoms with E-state index in [2.05, 4.69) is 5.32 Å². The van der Waals surface area contributed by atoms with Crippen molar-refractivity contribution in [3.05, 3.63) is 65.7 Å². The van der Waals surface area contributed by atoms with E-state index in [1.54, 1.807) is 30.3 Å². The molecule has 0 aliphatic carbocycles. The van der Waals surface area contributed by atoms with Gasteiger partial charge in [-0.15, -0.1) is 0 Å². The van der Waals surface area contributed by atoms with Crippen molar-refractivity contribution in [3.8, 4) is 0 Å². The first kappa shape index (κ1) is 15.1. The van der Waals surface area contributed by atoms with Crippen molar-refractivity contribution in [2.45, 2.75) is 18.9 Å². The zero-order chi connectivity index (χ0) is 15.5. The normalized spacial score (nSPS) is 13.5. The predicted octanol–water partition coefficient (Wildman–Crippen LogP) is 3.20. The van der Waals surface area contributed by atoms with Crippen LogP contribution in [0.5, 0.6) is 0 Å². The molecule has 0 fully saturated rings. The molecular weight excluding hydrogens is 276 g/mol. The third-order valence-corrected chi connectivity index (χ3v) is 3.05. The number of anilines is 1. The first-order valence-corrected chi connectivity index (χ1v) is 6.41. The van der Waals surface area contributed by atoms with Crippen LogP contribution in [0.4, 0.5) is 14.5 Å². The molecule has 2 aromatic rings. The quantitative estimate of drug-likeness (QED) is 0.909. The van der Waals surface area contributed by atoms with Crippen LogP contribution in [-0.4, -0.2) is 11.0 Å². The molecule has 0 saturated heterocycles. The minimum Gasteiger partial charge on any atom is -0.385 e. The van der Waals surface area contributed by atoms with Crippen LogP contribution in [0.15, 0.2) is 48.5 Å². The number of carbonyl (C=O) groups excluding carboxylic acids is 1. The largest absolute Gasteiger partial charge is 0.385 e. The van der Waals surface area contributed by atoms with Gasteiger partial charge < -0.3 is 10.4 Å². The van der Waals surface area contributed by atoms with Gasteiger partial charge >= 0.3 is 0 Å². The van der Waals surface area contributed by atoms with Gasteiger partial charge in [-0.05, 0) is 24.6 Å². The maximum absolute atomic E-state index is 13.0. The predicted molar refractivity (Wildman–Crippen MR) is 75.6 cm³/mol. The SMILES string of the molecule is CC(O)(CC(=O)Nc1cc(F)cc(F)c1)c1ccccc1. The molecule has 0 heterocycles. The lowest BCUT2D eigenvalue weighted by molar-refractivity contribution is -0.120. The van der Waals surface area contributed by atoms with Gasteiger partial charge in [0.05, 0.1) is 12.0 Å². The molecule has 5 heteroatoms. The van der Waals surface area contributed by atoms with Crippen molar-refractivity contribution in [2.75, 3.05) is 5.32 Å². The van der Waals surface area contributed by atoms with Crippen molar-refractivity contribution in [2.24, 2.45) is 0 Å². The zero-order valence-corrected chi connectivity index (χ0v) is 11.4. The van der Waals surface area contributed by atoms with Gasteiger partial charge in [-0.2, -0.15) is 0 Å². The average Bonchev–Trinajstić information content (AvgIpc) is 2.37. The van der Waals surface area contributed by atoms with E-state index in [9.17, 15) is 18.7 Å². The highest BCUT2D eigenvalue weighted by Gasteiger charge is 2.26. The summed E-state index contributed by atoms with van der Waals surface area (Å²) in [6.45, 7) is 1.51. The number of nitrogens with one attached hydrogen (secondary N) is 1. The third-order valence-electron chi connectivity index (χ3n) is 3.05. The van der Waals surface area contributed by atoms with Crippen molar-refractivity contribution < 1.29 is 18.7 Å². The minimum atomic E-state index is -1.36. The summed E-state index contributed by atoms with van der Waals surface area (Å²) in [5.41, 5.74) is -0.760. The maximum atomic E-state index is 13.0. The lowest BCUT2D eigenvalue weighted by Crippen LogP contribution is -2.28. The Morgan fingerprint density at radius 3 is 2.29 bits per heavy atom. The zero-order valence-electron chi connectivity index (χ0n) is 11.4. The van der Waals surface area contributed by atoms with Crippen LogP contribution in [0.1, 0.15) is 18.9 Å². The first-order chi connectivity index (χ1) is 9.87. The van der Waals surface area contributed by atoms with E-state index in [0.29, 0.717) is 5.56 Å². The Morgan fingerprint density at radius 2 is 1.71 bits per heavy atom. The highest BCUT2D eigenvalue weighted by atomic mass is 19.1. The van der Waals surface area contributed by atoms with Crippen LogP contribution in [0.3, 0.4) is 0 Å². The number of carbonyl (C=O) groups is 1. The van der Waals surface area contributed by atoms with E-state index >= 15 is 0 Å². The number of benzene rings is 2. The molecular formula is C16H15F2NO2. The summed E-state index contributed by atoms with van der Waals surface area (Å²) < 4.78 is 26.1. The van der Waals surface area contributed by atoms with Crippen molar-refractivity contribution in [1.29, 1.82) is 0 Å². The molecule has 0 aliphatic heterocycles. The first-order valence-electron chi connectivity index (χ1n) is 6.41. The molecule has 1 amide bonds. The summed E-state index contributed by atoms with van der Waals surface area (Å²) in [5.74, 6) is -2.09. The van der Waals surface area contributed by atoms with Crippen LogP contribution in [0.2, 0.25) is 0 Å². The molecule has 0 spiro atoms. The fourth-order valence-corrected chi connectivity index (χ4v) is 2.04. The smallest absolute Gasteiger partial charge is 0.227 e. The van der Waals surface area contributed by atoms with E-state index in [1.165, 1.54) is 6.92 Å². The van der Waals surface area contributed by atoms with Crippen LogP contribution in [0.25, 0.3) is 0 Å². The molecule has 1 atom stereocenters. The van der Waals surface area contributed by atoms with Crippen LogP contribution in [-0.2, 0) is 10.4 Å². The van der Waals surface area contributed by atoms with Crippen LogP contribution < -0.4 is 5.32 Å². The van der Waals surface area contributed by atoms with Gasteiger partial charge in [0.2, 0.25) is 5.91 Å². The molecule has 0 radical (unpaired) electrons. The Hall–Kier alpha value is -2.27. The van der Waals surface area contributed by atoms with Crippen molar-refractivity contribution in [1.82, 2.24) is 0 Å². The summed E-state index contributed by atoms with van der Waals surface area (Å²) in [7, 11) is 0. The molecule has 0 aromatic heterocycles. The van der Waals surface area contributed by atoms with E-state index in [-0.39, 0.29) is 12.1 Å². The van der Waals surface area contributed by atoms with Gasteiger partial charge in [-0.1, -0.05) is 30.3 Å². The highest BCUT2D eigenvalue weighted by molar-refractivity contribution is 5.91. The lowest BCUT2D eigenvalue weighted by Gasteiger charge is -2.23. The molecule has 110 valence electrons. The lowest BCUT2D eigenvalue weighted by atomic mass is 9.92. The second kappa shape index (κ2) is 6.01. The van der Waals surface area contributed by atoms with Gasteiger partial charge in [-0.25, -0.2) is 8.78 Å². The molecule has 0 aliphatic rings. The molecule has 1 unspecified atom stereocenters. The van der Waals surface area contributed by atoms with Crippen LogP contribution in [0, 0.1) is 11.6 Å². The van der Waals surface area contributed by atoms with E-state index in [1.807, 2.05) is 0 Å². The monoisotopic (exact) mass is 291 g/mol. The Bertz CT molecular complexity index is 622. The van der Waals surface area contributed by atoms with Gasteiger partial charge in [0.15, 0.2) is 0 Å². The number of rotatable bonds is 4. The van der Waals surface area contributed by atoms with Gasteiger partial charge in [0.25, 0.3) is 0 Å². The third kappa shape index (κ3) is 4.10. The molecule has 2 rings (SSSR count). The van der Waals surface area contributed by atoms with Crippen molar-refractivity contribution in [3.63, 3.8) is 0 Å². The summed E-state index contributed by atoms with van der Waals surface area (Å²) >= 11 is 0. The number of amides is 1. The van der Waals surface area contributed by atoms with Gasteiger partial charge in [-0.3, -0.25) is 4.79 Å². The molecule has 0 saturated carbocycles. The Labute approximate surface area is 121 Å². The number of aliphatic hydroxyl groups is 1. The summed E-state index contributed by atoms with van der Waals surface area (Å²) in [6.07, 6.45) is -0.227. The van der Waals surface area contributed by atoms with Gasteiger partial charge in [0.1, 0.15) is 11.6 Å². The second-order valence-electron chi connectivity index (χ2n) is 5.02. The Kier molecular flexibility index (Phi) is 4.33. The standard InChI is InChI=1S/C16H15F2NO2/c1-16(21,11-5-3-2-4-6-11)10-15(20)19-14-8-12(17)7-13(18)9-14/h2-9,21H,10H2,1H3,(H,19,20). The molecule has 2 aromatic carbocycles. The number of halogens is 2. The second-order valence-corrected chi connectivity index (χ2v) is 5.02. The molecule has 0 bridgehead atoms. The van der Waals surface area contributed by atoms with Crippen molar-refractivity contribution >= 4 is 11.6 Å². The Morgan fingerprint density at radius 1 is 1.14 bits per heavy atom. The Balaban J connectivity index is 2.07. The van der Waals surface area contributed by atoms with E-state index in [0.717, 1.165) is 18.2 Å². The topological polar surface area (TPSA) is 49.3 Å². The van der Waals surface area contributed by atoms with E-state index in [4.69, 9.17) is 0 Å². The minimum absolute atomic E-state index is 0.0151. The summed E-state index contributed by atoms with van der Waals surface area (Å²) in [5, 5.41) is 12.7. The average molecular weight is 291 g/mol. The fourth-order valence-electron chi connectivity index (χ4n) is 2.04. The van der Waals surface area contributed by atoms with Crippen LogP contribution >= 0.6 is 0 Å². The number of hydrogen-bond acceptors (Lipinski definition) is 2. The molecule has 3 nitrogen and oxygen atoms in total. The summed E-state index contributed by atoms with van der Waals surface area (Å²) in [6, 6.07) is 11.5. The maximum Gasteiger partial charge on any atom is 0.227 e. The molecule has 2 N–H and O–H groups in total. The van der Waals surface area contributed by atoms with Gasteiger partial charge in [0, 0.05) is 11.8 Å². The summed E-state index contributed by atoms with van der Waals surface area (Å²) in [4.78, 5) is 11.9. The highest BCUT2D eigenvalue weighted by Crippen LogP contribution is 2.25. The molecule has 21 heavy (non-hydrogen) atoms.